The van der Waals surface area contributed by atoms with Gasteiger partial charge in [0, 0.05) is 44.4 Å². The molecule has 3 amide bonds. The van der Waals surface area contributed by atoms with Crippen molar-refractivity contribution in [3.05, 3.63) is 69.1 Å². The Morgan fingerprint density at radius 2 is 1.71 bits per heavy atom. The molecule has 9 heteroatoms. The number of piperidine rings is 1. The Kier molecular flexibility index (Phi) is 7.46. The zero-order valence-corrected chi connectivity index (χ0v) is 18.0. The number of aromatic nitrogens is 1. The first-order chi connectivity index (χ1) is 14.9. The number of nitrogens with one attached hydrogen (secondary N) is 2. The molecule has 164 valence electrons. The summed E-state index contributed by atoms with van der Waals surface area (Å²) in [5.74, 6) is -1.53. The van der Waals surface area contributed by atoms with E-state index in [1.165, 1.54) is 10.6 Å². The molecule has 8 nitrogen and oxygen atoms in total. The SMILES string of the molecule is Cn1cccc(C(=O)N2CCC(CNC(=O)C(=O)NCc3ccccc3Cl)CC2)c1=O. The number of likely N-dealkylation sites (tertiary alicyclic amines) is 1. The fourth-order valence-electron chi connectivity index (χ4n) is 3.49. The molecule has 2 N–H and O–H groups in total. The van der Waals surface area contributed by atoms with E-state index >= 15 is 0 Å². The van der Waals surface area contributed by atoms with Crippen LogP contribution in [-0.4, -0.2) is 46.8 Å². The average Bonchev–Trinajstić information content (AvgIpc) is 2.78. The van der Waals surface area contributed by atoms with Crippen LogP contribution < -0.4 is 16.2 Å². The standard InChI is InChI=1S/C22H25ClN4O4/c1-26-10-4-6-17(21(26)30)22(31)27-11-8-15(9-12-27)13-24-19(28)20(29)25-14-16-5-2-3-7-18(16)23/h2-7,10,15H,8-9,11-14H2,1H3,(H,24,28)(H,25,29). The van der Waals surface area contributed by atoms with Crippen molar-refractivity contribution in [2.24, 2.45) is 13.0 Å². The van der Waals surface area contributed by atoms with Gasteiger partial charge < -0.3 is 20.1 Å². The normalized spacial score (nSPS) is 14.2. The maximum Gasteiger partial charge on any atom is 0.309 e. The molecule has 0 radical (unpaired) electrons. The molecule has 0 aliphatic carbocycles. The van der Waals surface area contributed by atoms with Gasteiger partial charge in [-0.25, -0.2) is 0 Å². The lowest BCUT2D eigenvalue weighted by Crippen LogP contribution is -2.45. The van der Waals surface area contributed by atoms with E-state index in [0.29, 0.717) is 37.5 Å². The van der Waals surface area contributed by atoms with Crippen LogP contribution in [0.15, 0.2) is 47.4 Å². The second-order valence-electron chi connectivity index (χ2n) is 7.56. The molecule has 1 fully saturated rings. The van der Waals surface area contributed by atoms with Crippen LogP contribution in [0.4, 0.5) is 0 Å². The van der Waals surface area contributed by atoms with Crippen molar-refractivity contribution in [2.45, 2.75) is 19.4 Å². The van der Waals surface area contributed by atoms with E-state index in [9.17, 15) is 19.2 Å². The Labute approximate surface area is 185 Å². The van der Waals surface area contributed by atoms with E-state index in [4.69, 9.17) is 11.6 Å². The van der Waals surface area contributed by atoms with E-state index in [1.54, 1.807) is 48.5 Å². The Morgan fingerprint density at radius 3 is 2.42 bits per heavy atom. The third-order valence-electron chi connectivity index (χ3n) is 5.41. The van der Waals surface area contributed by atoms with Crippen LogP contribution in [0.2, 0.25) is 5.02 Å². The van der Waals surface area contributed by atoms with Crippen LogP contribution >= 0.6 is 11.6 Å². The first-order valence-electron chi connectivity index (χ1n) is 10.1. The summed E-state index contributed by atoms with van der Waals surface area (Å²) in [6, 6.07) is 10.3. The molecule has 1 aromatic carbocycles. The maximum absolute atomic E-state index is 12.6. The van der Waals surface area contributed by atoms with Crippen LogP contribution in [0.1, 0.15) is 28.8 Å². The second-order valence-corrected chi connectivity index (χ2v) is 7.96. The first kappa shape index (κ1) is 22.6. The van der Waals surface area contributed by atoms with Gasteiger partial charge in [-0.05, 0) is 42.5 Å². The van der Waals surface area contributed by atoms with E-state index in [-0.39, 0.29) is 29.5 Å². The molecule has 3 rings (SSSR count). The number of aryl methyl sites for hydroxylation is 1. The molecule has 0 atom stereocenters. The highest BCUT2D eigenvalue weighted by atomic mass is 35.5. The summed E-state index contributed by atoms with van der Waals surface area (Å²) in [4.78, 5) is 50.5. The fourth-order valence-corrected chi connectivity index (χ4v) is 3.69. The Balaban J connectivity index is 1.42. The highest BCUT2D eigenvalue weighted by Gasteiger charge is 2.26. The lowest BCUT2D eigenvalue weighted by atomic mass is 9.96. The third kappa shape index (κ3) is 5.73. The smallest absolute Gasteiger partial charge is 0.309 e. The average molecular weight is 445 g/mol. The van der Waals surface area contributed by atoms with Crippen molar-refractivity contribution < 1.29 is 14.4 Å². The molecule has 2 heterocycles. The van der Waals surface area contributed by atoms with Crippen molar-refractivity contribution in [3.8, 4) is 0 Å². The number of pyridine rings is 1. The summed E-state index contributed by atoms with van der Waals surface area (Å²) in [7, 11) is 1.61. The molecule has 1 aliphatic rings. The number of benzene rings is 1. The molecule has 1 saturated heterocycles. The molecule has 2 aromatic rings. The number of carbonyl (C=O) groups is 3. The summed E-state index contributed by atoms with van der Waals surface area (Å²) >= 11 is 6.04. The van der Waals surface area contributed by atoms with E-state index in [2.05, 4.69) is 10.6 Å². The van der Waals surface area contributed by atoms with Crippen molar-refractivity contribution in [2.75, 3.05) is 19.6 Å². The molecule has 31 heavy (non-hydrogen) atoms. The zero-order chi connectivity index (χ0) is 22.4. The fraction of sp³-hybridized carbons (Fsp3) is 0.364. The summed E-state index contributed by atoms with van der Waals surface area (Å²) in [6.45, 7) is 1.52. The summed E-state index contributed by atoms with van der Waals surface area (Å²) in [6.07, 6.45) is 2.97. The maximum atomic E-state index is 12.6. The molecule has 1 aromatic heterocycles. The van der Waals surface area contributed by atoms with Crippen LogP contribution in [-0.2, 0) is 23.2 Å². The van der Waals surface area contributed by atoms with Gasteiger partial charge >= 0.3 is 11.8 Å². The van der Waals surface area contributed by atoms with Crippen LogP contribution in [0, 0.1) is 5.92 Å². The van der Waals surface area contributed by atoms with E-state index in [0.717, 1.165) is 5.56 Å². The minimum atomic E-state index is -0.715. The number of hydrogen-bond donors (Lipinski definition) is 2. The highest BCUT2D eigenvalue weighted by molar-refractivity contribution is 6.35. The number of carbonyl (C=O) groups excluding carboxylic acids is 3. The van der Waals surface area contributed by atoms with Gasteiger partial charge in [0.25, 0.3) is 11.5 Å². The van der Waals surface area contributed by atoms with Crippen LogP contribution in [0.25, 0.3) is 0 Å². The van der Waals surface area contributed by atoms with E-state index < -0.39 is 11.8 Å². The minimum absolute atomic E-state index is 0.156. The molecular weight excluding hydrogens is 420 g/mol. The predicted octanol–water partition coefficient (Wildman–Crippen LogP) is 1.32. The number of amides is 3. The van der Waals surface area contributed by atoms with Gasteiger partial charge in [0.15, 0.2) is 0 Å². The van der Waals surface area contributed by atoms with Gasteiger partial charge in [0.05, 0.1) is 0 Å². The first-order valence-corrected chi connectivity index (χ1v) is 10.5. The van der Waals surface area contributed by atoms with Crippen LogP contribution in [0.5, 0.6) is 0 Å². The lowest BCUT2D eigenvalue weighted by Gasteiger charge is -2.32. The summed E-state index contributed by atoms with van der Waals surface area (Å²) < 4.78 is 1.38. The van der Waals surface area contributed by atoms with E-state index in [1.807, 2.05) is 0 Å². The van der Waals surface area contributed by atoms with Crippen molar-refractivity contribution in [1.29, 1.82) is 0 Å². The Morgan fingerprint density at radius 1 is 1.03 bits per heavy atom. The lowest BCUT2D eigenvalue weighted by molar-refractivity contribution is -0.139. The van der Waals surface area contributed by atoms with Crippen molar-refractivity contribution >= 4 is 29.3 Å². The summed E-state index contributed by atoms with van der Waals surface area (Å²) in [5, 5.41) is 5.74. The van der Waals surface area contributed by atoms with Crippen molar-refractivity contribution in [1.82, 2.24) is 20.1 Å². The molecule has 0 spiro atoms. The zero-order valence-electron chi connectivity index (χ0n) is 17.3. The number of nitrogens with zero attached hydrogens (tertiary/aromatic N) is 2. The number of hydrogen-bond acceptors (Lipinski definition) is 4. The molecule has 0 unspecified atom stereocenters. The van der Waals surface area contributed by atoms with Gasteiger partial charge in [-0.3, -0.25) is 19.2 Å². The van der Waals surface area contributed by atoms with Crippen LogP contribution in [0.3, 0.4) is 0 Å². The van der Waals surface area contributed by atoms with Gasteiger partial charge in [-0.2, -0.15) is 0 Å². The monoisotopic (exact) mass is 444 g/mol. The Hall–Kier alpha value is -3.13. The quantitative estimate of drug-likeness (QED) is 0.679. The number of halogens is 1. The van der Waals surface area contributed by atoms with Crippen molar-refractivity contribution in [3.63, 3.8) is 0 Å². The third-order valence-corrected chi connectivity index (χ3v) is 5.78. The molecule has 0 saturated carbocycles. The highest BCUT2D eigenvalue weighted by Crippen LogP contribution is 2.18. The minimum Gasteiger partial charge on any atom is -0.348 e. The predicted molar refractivity (Wildman–Crippen MR) is 117 cm³/mol. The van der Waals surface area contributed by atoms with Gasteiger partial charge in [0.2, 0.25) is 0 Å². The number of rotatable bonds is 5. The molecule has 0 bridgehead atoms. The van der Waals surface area contributed by atoms with Gasteiger partial charge in [0.1, 0.15) is 5.56 Å². The molecule has 1 aliphatic heterocycles. The topological polar surface area (TPSA) is 101 Å². The molecular formula is C22H25ClN4O4. The van der Waals surface area contributed by atoms with Gasteiger partial charge in [-0.15, -0.1) is 0 Å². The van der Waals surface area contributed by atoms with Gasteiger partial charge in [-0.1, -0.05) is 29.8 Å². The largest absolute Gasteiger partial charge is 0.348 e. The summed E-state index contributed by atoms with van der Waals surface area (Å²) in [5.41, 5.74) is 0.576. The Bertz CT molecular complexity index is 1030. The second kappa shape index (κ2) is 10.3.